The van der Waals surface area contributed by atoms with Gasteiger partial charge in [0.25, 0.3) is 5.91 Å². The van der Waals surface area contributed by atoms with E-state index in [1.165, 1.54) is 0 Å². The average molecular weight is 505 g/mol. The molecule has 1 aliphatic rings. The molecule has 1 aliphatic heterocycles. The van der Waals surface area contributed by atoms with E-state index in [0.29, 0.717) is 43.8 Å². The first-order valence-corrected chi connectivity index (χ1v) is 12.5. The zero-order valence-corrected chi connectivity index (χ0v) is 21.1. The number of hydrogen-bond acceptors (Lipinski definition) is 6. The van der Waals surface area contributed by atoms with Crippen molar-refractivity contribution >= 4 is 23.6 Å². The molecule has 0 radical (unpaired) electrons. The molecule has 37 heavy (non-hydrogen) atoms. The first-order valence-electron chi connectivity index (χ1n) is 12.5. The second-order valence-corrected chi connectivity index (χ2v) is 8.90. The topological polar surface area (TPSA) is 118 Å². The van der Waals surface area contributed by atoms with Gasteiger partial charge in [0.2, 0.25) is 0 Å². The number of nitrogens with one attached hydrogen (secondary N) is 2. The summed E-state index contributed by atoms with van der Waals surface area (Å²) in [6.45, 7) is 5.31. The maximum absolute atomic E-state index is 13.2. The van der Waals surface area contributed by atoms with E-state index in [0.717, 1.165) is 17.1 Å². The minimum atomic E-state index is -0.327. The molecule has 0 saturated carbocycles. The first kappa shape index (κ1) is 25.9. The molecule has 0 unspecified atom stereocenters. The summed E-state index contributed by atoms with van der Waals surface area (Å²) in [5, 5.41) is 5.76. The molecule has 10 heteroatoms. The Morgan fingerprint density at radius 1 is 1.08 bits per heavy atom. The number of pyridine rings is 1. The van der Waals surface area contributed by atoms with Gasteiger partial charge in [0.15, 0.2) is 0 Å². The maximum Gasteiger partial charge on any atom is 0.317 e. The number of carbonyl (C=O) groups is 3. The van der Waals surface area contributed by atoms with Gasteiger partial charge in [-0.25, -0.2) is 9.78 Å². The fourth-order valence-electron chi connectivity index (χ4n) is 4.38. The zero-order chi connectivity index (χ0) is 26.2. The third-order valence-corrected chi connectivity index (χ3v) is 6.32. The quantitative estimate of drug-likeness (QED) is 0.452. The van der Waals surface area contributed by atoms with Gasteiger partial charge in [0.05, 0.1) is 30.6 Å². The number of aromatic nitrogens is 3. The molecular formula is C27H32N6O4. The van der Waals surface area contributed by atoms with Gasteiger partial charge in [-0.15, -0.1) is 0 Å². The fourth-order valence-corrected chi connectivity index (χ4v) is 4.38. The number of nitrogens with zero attached hydrogens (tertiary/aromatic N) is 4. The van der Waals surface area contributed by atoms with Crippen molar-refractivity contribution in [3.63, 3.8) is 0 Å². The number of rotatable bonds is 8. The summed E-state index contributed by atoms with van der Waals surface area (Å²) in [5.74, 6) is -0.475. The number of amides is 3. The van der Waals surface area contributed by atoms with Gasteiger partial charge >= 0.3 is 12.0 Å². The Hall–Kier alpha value is -4.21. The van der Waals surface area contributed by atoms with Crippen LogP contribution in [0.25, 0.3) is 5.69 Å². The normalized spacial score (nSPS) is 13.7. The van der Waals surface area contributed by atoms with Gasteiger partial charge in [-0.1, -0.05) is 0 Å². The molecule has 1 fully saturated rings. The summed E-state index contributed by atoms with van der Waals surface area (Å²) in [7, 11) is 0. The Bertz CT molecular complexity index is 1220. The molecule has 10 nitrogen and oxygen atoms in total. The van der Waals surface area contributed by atoms with Crippen LogP contribution in [0.15, 0.2) is 55.1 Å². The summed E-state index contributed by atoms with van der Waals surface area (Å²) in [6.07, 6.45) is 6.83. The van der Waals surface area contributed by atoms with Crippen LogP contribution in [0.4, 0.5) is 10.5 Å². The lowest BCUT2D eigenvalue weighted by atomic mass is 9.90. The molecular weight excluding hydrogens is 472 g/mol. The SMILES string of the molecule is CCOC(=O)CCNC(=O)N1CCC(c2nc(C)ccc2C(=O)Nc2ccc(-n3ccnc3)cc2)CC1. The van der Waals surface area contributed by atoms with Crippen LogP contribution < -0.4 is 10.6 Å². The van der Waals surface area contributed by atoms with Crippen molar-refractivity contribution in [2.24, 2.45) is 0 Å². The first-order chi connectivity index (χ1) is 17.9. The predicted octanol–water partition coefficient (Wildman–Crippen LogP) is 3.67. The van der Waals surface area contributed by atoms with Gasteiger partial charge in [0.1, 0.15) is 0 Å². The van der Waals surface area contributed by atoms with Gasteiger partial charge in [-0.2, -0.15) is 0 Å². The van der Waals surface area contributed by atoms with E-state index in [1.807, 2.05) is 54.1 Å². The van der Waals surface area contributed by atoms with Crippen LogP contribution in [-0.4, -0.2) is 63.6 Å². The number of ether oxygens (including phenoxy) is 1. The maximum atomic E-state index is 13.2. The van der Waals surface area contributed by atoms with Gasteiger partial charge in [0, 0.05) is 55.0 Å². The highest BCUT2D eigenvalue weighted by Crippen LogP contribution is 2.30. The number of benzene rings is 1. The van der Waals surface area contributed by atoms with Gasteiger partial charge in [-0.05, 0) is 63.1 Å². The highest BCUT2D eigenvalue weighted by atomic mass is 16.5. The fraction of sp³-hybridized carbons (Fsp3) is 0.370. The molecule has 2 N–H and O–H groups in total. The summed E-state index contributed by atoms with van der Waals surface area (Å²) < 4.78 is 6.77. The minimum Gasteiger partial charge on any atom is -0.466 e. The Balaban J connectivity index is 1.36. The molecule has 0 spiro atoms. The Morgan fingerprint density at radius 3 is 2.51 bits per heavy atom. The average Bonchev–Trinajstić information content (AvgIpc) is 3.44. The lowest BCUT2D eigenvalue weighted by Gasteiger charge is -2.32. The van der Waals surface area contributed by atoms with E-state index >= 15 is 0 Å². The molecule has 0 atom stereocenters. The summed E-state index contributed by atoms with van der Waals surface area (Å²) in [4.78, 5) is 47.7. The zero-order valence-electron chi connectivity index (χ0n) is 21.1. The number of esters is 1. The van der Waals surface area contributed by atoms with E-state index in [1.54, 1.807) is 24.3 Å². The van der Waals surface area contributed by atoms with Gasteiger partial charge in [-0.3, -0.25) is 14.6 Å². The highest BCUT2D eigenvalue weighted by Gasteiger charge is 2.28. The van der Waals surface area contributed by atoms with Crippen molar-refractivity contribution in [2.75, 3.05) is 31.6 Å². The van der Waals surface area contributed by atoms with Crippen LogP contribution in [0.2, 0.25) is 0 Å². The number of imidazole rings is 1. The molecule has 0 bridgehead atoms. The van der Waals surface area contributed by atoms with E-state index in [9.17, 15) is 14.4 Å². The summed E-state index contributed by atoms with van der Waals surface area (Å²) >= 11 is 0. The smallest absolute Gasteiger partial charge is 0.317 e. The molecule has 3 heterocycles. The van der Waals surface area contributed by atoms with E-state index < -0.39 is 0 Å². The lowest BCUT2D eigenvalue weighted by molar-refractivity contribution is -0.142. The number of likely N-dealkylation sites (tertiary alicyclic amines) is 1. The van der Waals surface area contributed by atoms with Crippen molar-refractivity contribution in [1.82, 2.24) is 24.8 Å². The van der Waals surface area contributed by atoms with E-state index in [4.69, 9.17) is 9.72 Å². The summed E-state index contributed by atoms with van der Waals surface area (Å²) in [5.41, 5.74) is 3.78. The van der Waals surface area contributed by atoms with E-state index in [2.05, 4.69) is 15.6 Å². The molecule has 4 rings (SSSR count). The number of anilines is 1. The van der Waals surface area contributed by atoms with Crippen molar-refractivity contribution in [1.29, 1.82) is 0 Å². The Morgan fingerprint density at radius 2 is 1.84 bits per heavy atom. The molecule has 3 amide bonds. The summed E-state index contributed by atoms with van der Waals surface area (Å²) in [6, 6.07) is 11.0. The van der Waals surface area contributed by atoms with Crippen molar-refractivity contribution in [3.05, 3.63) is 72.1 Å². The van der Waals surface area contributed by atoms with Crippen LogP contribution in [0.1, 0.15) is 53.8 Å². The van der Waals surface area contributed by atoms with Crippen LogP contribution in [-0.2, 0) is 9.53 Å². The predicted molar refractivity (Wildman–Crippen MR) is 139 cm³/mol. The number of urea groups is 1. The number of piperidine rings is 1. The Labute approximate surface area is 216 Å². The van der Waals surface area contributed by atoms with Crippen LogP contribution >= 0.6 is 0 Å². The number of aryl methyl sites for hydroxylation is 1. The van der Waals surface area contributed by atoms with Crippen LogP contribution in [0.3, 0.4) is 0 Å². The molecule has 0 aliphatic carbocycles. The molecule has 1 saturated heterocycles. The third-order valence-electron chi connectivity index (χ3n) is 6.32. The molecule has 1 aromatic carbocycles. The second kappa shape index (κ2) is 12.2. The Kier molecular flexibility index (Phi) is 8.50. The van der Waals surface area contributed by atoms with Crippen molar-refractivity contribution in [2.45, 2.75) is 39.0 Å². The highest BCUT2D eigenvalue weighted by molar-refractivity contribution is 6.05. The second-order valence-electron chi connectivity index (χ2n) is 8.90. The number of carbonyl (C=O) groups excluding carboxylic acids is 3. The minimum absolute atomic E-state index is 0.0628. The van der Waals surface area contributed by atoms with Crippen LogP contribution in [0, 0.1) is 6.92 Å². The standard InChI is InChI=1S/C27H32N6O4/c1-3-37-24(34)10-13-29-27(36)32-15-11-20(12-16-32)25-23(9-4-19(2)30-25)26(35)31-21-5-7-22(8-6-21)33-17-14-28-18-33/h4-9,14,17-18,20H,3,10-13,15-16H2,1-2H3,(H,29,36)(H,31,35). The van der Waals surface area contributed by atoms with E-state index in [-0.39, 0.29) is 36.8 Å². The van der Waals surface area contributed by atoms with Crippen LogP contribution in [0.5, 0.6) is 0 Å². The number of hydrogen-bond donors (Lipinski definition) is 2. The monoisotopic (exact) mass is 504 g/mol. The van der Waals surface area contributed by atoms with Gasteiger partial charge < -0.3 is 24.8 Å². The third kappa shape index (κ3) is 6.72. The van der Waals surface area contributed by atoms with Crippen molar-refractivity contribution < 1.29 is 19.1 Å². The molecule has 194 valence electrons. The van der Waals surface area contributed by atoms with Crippen molar-refractivity contribution in [3.8, 4) is 5.69 Å². The molecule has 2 aromatic heterocycles. The largest absolute Gasteiger partial charge is 0.466 e. The lowest BCUT2D eigenvalue weighted by Crippen LogP contribution is -2.44. The molecule has 3 aromatic rings.